The lowest BCUT2D eigenvalue weighted by atomic mass is 10.3. The fourth-order valence-corrected chi connectivity index (χ4v) is 1.72. The zero-order valence-electron chi connectivity index (χ0n) is 9.09. The van der Waals surface area contributed by atoms with E-state index in [4.69, 9.17) is 4.74 Å². The molecule has 1 atom stereocenters. The summed E-state index contributed by atoms with van der Waals surface area (Å²) >= 11 is 0. The van der Waals surface area contributed by atoms with Gasteiger partial charge in [-0.2, -0.15) is 4.57 Å². The Kier molecular flexibility index (Phi) is 2.73. The molecule has 0 spiro atoms. The van der Waals surface area contributed by atoms with E-state index in [0.29, 0.717) is 19.7 Å². The number of carbonyl (C=O) groups excluding carboxylic acids is 1. The van der Waals surface area contributed by atoms with Crippen LogP contribution in [0, 0.1) is 0 Å². The second-order valence-electron chi connectivity index (χ2n) is 3.90. The Morgan fingerprint density at radius 2 is 2.40 bits per heavy atom. The summed E-state index contributed by atoms with van der Waals surface area (Å²) in [7, 11) is 1.89. The Bertz CT molecular complexity index is 361. The molecule has 1 aromatic heterocycles. The molecule has 1 fully saturated rings. The van der Waals surface area contributed by atoms with Crippen molar-refractivity contribution in [3.05, 3.63) is 18.7 Å². The molecule has 1 saturated heterocycles. The van der Waals surface area contributed by atoms with Gasteiger partial charge in [-0.3, -0.25) is 4.90 Å². The van der Waals surface area contributed by atoms with Crippen LogP contribution in [0.15, 0.2) is 18.7 Å². The number of hydrogen-bond donors (Lipinski definition) is 0. The standard InChI is InChI=1S/C10H16N3O2/c1-9-7-12(5-6-15-9)10(14)13-4-3-11(2)8-13/h3-4,8-9H,5-7H2,1-2H3/q+1/t9-/m1/s1. The minimum absolute atomic E-state index is 0.0192. The van der Waals surface area contributed by atoms with Crippen LogP contribution in [0.4, 0.5) is 4.79 Å². The van der Waals surface area contributed by atoms with E-state index in [-0.39, 0.29) is 12.1 Å². The van der Waals surface area contributed by atoms with E-state index in [0.717, 1.165) is 0 Å². The first-order valence-electron chi connectivity index (χ1n) is 5.11. The minimum Gasteiger partial charge on any atom is -0.375 e. The van der Waals surface area contributed by atoms with Gasteiger partial charge < -0.3 is 4.74 Å². The van der Waals surface area contributed by atoms with Gasteiger partial charge >= 0.3 is 6.03 Å². The van der Waals surface area contributed by atoms with Gasteiger partial charge in [0.25, 0.3) is 6.33 Å². The number of ether oxygens (including phenoxy) is 1. The van der Waals surface area contributed by atoms with E-state index >= 15 is 0 Å². The van der Waals surface area contributed by atoms with Gasteiger partial charge in [0.15, 0.2) is 0 Å². The average molecular weight is 210 g/mol. The normalized spacial score (nSPS) is 21.7. The van der Waals surface area contributed by atoms with Crippen molar-refractivity contribution in [1.82, 2.24) is 9.47 Å². The third-order valence-electron chi connectivity index (χ3n) is 2.50. The van der Waals surface area contributed by atoms with Gasteiger partial charge in [-0.25, -0.2) is 9.36 Å². The maximum Gasteiger partial charge on any atom is 0.415 e. The number of aromatic nitrogens is 2. The Balaban J connectivity index is 2.07. The fraction of sp³-hybridized carbons (Fsp3) is 0.600. The van der Waals surface area contributed by atoms with Crippen molar-refractivity contribution < 1.29 is 14.1 Å². The predicted molar refractivity (Wildman–Crippen MR) is 53.4 cm³/mol. The topological polar surface area (TPSA) is 38.4 Å². The number of rotatable bonds is 0. The number of amides is 1. The number of hydrogen-bond acceptors (Lipinski definition) is 2. The molecule has 1 aliphatic rings. The number of aryl methyl sites for hydroxylation is 1. The molecule has 1 amide bonds. The molecule has 0 unspecified atom stereocenters. The number of imidazole rings is 1. The molecule has 0 radical (unpaired) electrons. The maximum atomic E-state index is 12.0. The predicted octanol–water partition coefficient (Wildman–Crippen LogP) is 0.00140. The van der Waals surface area contributed by atoms with Crippen LogP contribution in [-0.2, 0) is 11.8 Å². The summed E-state index contributed by atoms with van der Waals surface area (Å²) in [4.78, 5) is 13.8. The maximum absolute atomic E-state index is 12.0. The highest BCUT2D eigenvalue weighted by molar-refractivity contribution is 5.76. The molecule has 0 N–H and O–H groups in total. The first-order chi connectivity index (χ1) is 7.16. The average Bonchev–Trinajstić information content (AvgIpc) is 2.64. The molecular formula is C10H16N3O2+. The van der Waals surface area contributed by atoms with Gasteiger partial charge in [-0.05, 0) is 6.92 Å². The van der Waals surface area contributed by atoms with Crippen LogP contribution in [0.25, 0.3) is 0 Å². The highest BCUT2D eigenvalue weighted by Gasteiger charge is 2.25. The molecule has 0 aromatic carbocycles. The summed E-state index contributed by atoms with van der Waals surface area (Å²) in [6.45, 7) is 3.95. The Labute approximate surface area is 88.9 Å². The number of nitrogens with zero attached hydrogens (tertiary/aromatic N) is 3. The van der Waals surface area contributed by atoms with E-state index in [9.17, 15) is 4.79 Å². The lowest BCUT2D eigenvalue weighted by molar-refractivity contribution is -0.670. The largest absolute Gasteiger partial charge is 0.415 e. The Hall–Kier alpha value is -1.36. The first-order valence-corrected chi connectivity index (χ1v) is 5.11. The van der Waals surface area contributed by atoms with Crippen LogP contribution in [0.3, 0.4) is 0 Å². The van der Waals surface area contributed by atoms with Crippen LogP contribution < -0.4 is 4.57 Å². The molecule has 0 bridgehead atoms. The Morgan fingerprint density at radius 3 is 3.00 bits per heavy atom. The molecule has 0 aliphatic carbocycles. The zero-order valence-corrected chi connectivity index (χ0v) is 9.09. The molecule has 0 saturated carbocycles. The van der Waals surface area contributed by atoms with Crippen molar-refractivity contribution in [2.75, 3.05) is 19.7 Å². The summed E-state index contributed by atoms with van der Waals surface area (Å²) in [5.74, 6) is 0. The van der Waals surface area contributed by atoms with E-state index < -0.39 is 0 Å². The number of morpholine rings is 1. The second kappa shape index (κ2) is 4.02. The van der Waals surface area contributed by atoms with E-state index in [1.54, 1.807) is 17.1 Å². The molecule has 82 valence electrons. The summed E-state index contributed by atoms with van der Waals surface area (Å²) < 4.78 is 8.84. The van der Waals surface area contributed by atoms with Crippen LogP contribution in [-0.4, -0.2) is 41.3 Å². The van der Waals surface area contributed by atoms with Crippen molar-refractivity contribution in [1.29, 1.82) is 0 Å². The number of carbonyl (C=O) groups is 1. The lowest BCUT2D eigenvalue weighted by Crippen LogP contribution is -2.46. The van der Waals surface area contributed by atoms with E-state index in [1.165, 1.54) is 0 Å². The van der Waals surface area contributed by atoms with Crippen molar-refractivity contribution in [3.63, 3.8) is 0 Å². The van der Waals surface area contributed by atoms with Crippen molar-refractivity contribution in [3.8, 4) is 0 Å². The molecule has 2 rings (SSSR count). The molecule has 5 heteroatoms. The fourth-order valence-electron chi connectivity index (χ4n) is 1.72. The minimum atomic E-state index is 0.0192. The van der Waals surface area contributed by atoms with Crippen LogP contribution in [0.2, 0.25) is 0 Å². The van der Waals surface area contributed by atoms with Crippen LogP contribution in [0.1, 0.15) is 6.92 Å². The molecule has 15 heavy (non-hydrogen) atoms. The van der Waals surface area contributed by atoms with E-state index in [1.807, 2.05) is 29.6 Å². The molecule has 1 aliphatic heterocycles. The van der Waals surface area contributed by atoms with Crippen LogP contribution >= 0.6 is 0 Å². The third kappa shape index (κ3) is 2.18. The molecule has 2 heterocycles. The second-order valence-corrected chi connectivity index (χ2v) is 3.90. The van der Waals surface area contributed by atoms with Gasteiger partial charge in [0, 0.05) is 6.54 Å². The van der Waals surface area contributed by atoms with Gasteiger partial charge in [0.1, 0.15) is 12.4 Å². The first kappa shape index (κ1) is 10.2. The highest BCUT2D eigenvalue weighted by atomic mass is 16.5. The molecule has 5 nitrogen and oxygen atoms in total. The summed E-state index contributed by atoms with van der Waals surface area (Å²) in [5, 5.41) is 0. The third-order valence-corrected chi connectivity index (χ3v) is 2.50. The summed E-state index contributed by atoms with van der Waals surface area (Å²) in [5.41, 5.74) is 0. The summed E-state index contributed by atoms with van der Waals surface area (Å²) in [6.07, 6.45) is 5.51. The smallest absolute Gasteiger partial charge is 0.375 e. The zero-order chi connectivity index (χ0) is 10.8. The quantitative estimate of drug-likeness (QED) is 0.565. The SMILES string of the molecule is C[C@@H]1CN(C(=O)n2cc[n+](C)c2)CCO1. The van der Waals surface area contributed by atoms with Gasteiger partial charge in [0.05, 0.1) is 26.3 Å². The van der Waals surface area contributed by atoms with Crippen LogP contribution in [0.5, 0.6) is 0 Å². The monoisotopic (exact) mass is 210 g/mol. The summed E-state index contributed by atoms with van der Waals surface area (Å²) in [6, 6.07) is 0.0192. The van der Waals surface area contributed by atoms with Gasteiger partial charge in [-0.15, -0.1) is 0 Å². The van der Waals surface area contributed by atoms with Crippen molar-refractivity contribution in [2.24, 2.45) is 7.05 Å². The molecule has 1 aromatic rings. The van der Waals surface area contributed by atoms with Crippen molar-refractivity contribution >= 4 is 6.03 Å². The van der Waals surface area contributed by atoms with Crippen molar-refractivity contribution in [2.45, 2.75) is 13.0 Å². The highest BCUT2D eigenvalue weighted by Crippen LogP contribution is 2.06. The lowest BCUT2D eigenvalue weighted by Gasteiger charge is -2.29. The Morgan fingerprint density at radius 1 is 1.60 bits per heavy atom. The molecular weight excluding hydrogens is 194 g/mol. The van der Waals surface area contributed by atoms with Gasteiger partial charge in [0.2, 0.25) is 0 Å². The van der Waals surface area contributed by atoms with Gasteiger partial charge in [-0.1, -0.05) is 0 Å². The van der Waals surface area contributed by atoms with E-state index in [2.05, 4.69) is 0 Å².